The summed E-state index contributed by atoms with van der Waals surface area (Å²) in [6.45, 7) is 0. The molecular formula is C41H31N2O4PS. The lowest BCUT2D eigenvalue weighted by atomic mass is 10.1. The van der Waals surface area contributed by atoms with Crippen LogP contribution in [-0.4, -0.2) is 16.1 Å². The lowest BCUT2D eigenvalue weighted by molar-refractivity contribution is 0.112. The Labute approximate surface area is 289 Å². The fourth-order valence-electron chi connectivity index (χ4n) is 5.97. The summed E-state index contributed by atoms with van der Waals surface area (Å²) in [6, 6.07) is 55.2. The van der Waals surface area contributed by atoms with Crippen LogP contribution in [0.15, 0.2) is 170 Å². The van der Waals surface area contributed by atoms with E-state index >= 15 is 0 Å². The molecule has 0 spiro atoms. The van der Waals surface area contributed by atoms with Crippen molar-refractivity contribution in [1.29, 1.82) is 0 Å². The zero-order valence-electron chi connectivity index (χ0n) is 26.2. The Morgan fingerprint density at radius 3 is 1.06 bits per heavy atom. The highest BCUT2D eigenvalue weighted by atomic mass is 32.1. The van der Waals surface area contributed by atoms with Gasteiger partial charge in [0, 0.05) is 44.6 Å². The molecule has 0 saturated heterocycles. The molecule has 0 atom stereocenters. The molecule has 6 nitrogen and oxygen atoms in total. The Morgan fingerprint density at radius 2 is 0.755 bits per heavy atom. The number of carbonyl (C=O) groups is 1. The molecule has 6 aromatic carbocycles. The molecule has 2 N–H and O–H groups in total. The molecule has 7 rings (SSSR count). The van der Waals surface area contributed by atoms with Crippen molar-refractivity contribution in [3.8, 4) is 20.9 Å². The molecule has 0 aliphatic heterocycles. The Balaban J connectivity index is 1.29. The second-order valence-electron chi connectivity index (χ2n) is 11.3. The number of para-hydroxylation sites is 4. The van der Waals surface area contributed by atoms with Crippen LogP contribution in [0.1, 0.15) is 10.4 Å². The van der Waals surface area contributed by atoms with Gasteiger partial charge in [-0.05, 0) is 83.9 Å². The summed E-state index contributed by atoms with van der Waals surface area (Å²) in [4.78, 5) is 38.8. The van der Waals surface area contributed by atoms with Gasteiger partial charge in [-0.2, -0.15) is 0 Å². The quantitative estimate of drug-likeness (QED) is 0.111. The molecule has 0 aliphatic carbocycles. The van der Waals surface area contributed by atoms with Gasteiger partial charge >= 0.3 is 7.60 Å². The van der Waals surface area contributed by atoms with Gasteiger partial charge in [0.15, 0.2) is 6.29 Å². The third kappa shape index (κ3) is 6.61. The standard InChI is InChI=1S/C41H31N2O4PS/c44-29-38-39(48(45,46)47)41(31-23-27-37(28-24-31)43(34-17-9-3-10-18-34)35-19-11-4-12-20-35)49-40(38)30-21-25-36(26-22-30)42(32-13-5-1-6-14-32)33-15-7-2-8-16-33/h1-29H,(H2,45,46,47). The van der Waals surface area contributed by atoms with Crippen LogP contribution < -0.4 is 15.1 Å². The second-order valence-corrected chi connectivity index (χ2v) is 13.8. The summed E-state index contributed by atoms with van der Waals surface area (Å²) in [7, 11) is -4.85. The summed E-state index contributed by atoms with van der Waals surface area (Å²) in [5.41, 5.74) is 7.00. The van der Waals surface area contributed by atoms with Gasteiger partial charge in [-0.3, -0.25) is 9.36 Å². The van der Waals surface area contributed by atoms with E-state index in [9.17, 15) is 19.1 Å². The minimum absolute atomic E-state index is 0.00309. The second kappa shape index (κ2) is 13.9. The fourth-order valence-corrected chi connectivity index (χ4v) is 8.59. The van der Waals surface area contributed by atoms with E-state index < -0.39 is 7.60 Å². The van der Waals surface area contributed by atoms with E-state index in [-0.39, 0.29) is 10.9 Å². The van der Waals surface area contributed by atoms with Crippen LogP contribution in [0.3, 0.4) is 0 Å². The maximum absolute atomic E-state index is 13.0. The van der Waals surface area contributed by atoms with Crippen LogP contribution in [0.25, 0.3) is 20.9 Å². The van der Waals surface area contributed by atoms with Crippen molar-refractivity contribution in [3.05, 3.63) is 175 Å². The average molecular weight is 679 g/mol. The van der Waals surface area contributed by atoms with Crippen LogP contribution in [-0.2, 0) is 4.57 Å². The number of hydrogen-bond acceptors (Lipinski definition) is 5. The highest BCUT2D eigenvalue weighted by molar-refractivity contribution is 7.61. The normalized spacial score (nSPS) is 11.2. The van der Waals surface area contributed by atoms with E-state index in [4.69, 9.17) is 0 Å². The number of carbonyl (C=O) groups excluding carboxylic acids is 1. The predicted molar refractivity (Wildman–Crippen MR) is 202 cm³/mol. The molecule has 7 aromatic rings. The van der Waals surface area contributed by atoms with Crippen LogP contribution in [0, 0.1) is 0 Å². The van der Waals surface area contributed by atoms with Crippen molar-refractivity contribution < 1.29 is 19.1 Å². The maximum Gasteiger partial charge on any atom is 0.358 e. The van der Waals surface area contributed by atoms with Gasteiger partial charge in [-0.15, -0.1) is 11.3 Å². The minimum atomic E-state index is -4.85. The molecule has 1 heterocycles. The van der Waals surface area contributed by atoms with Crippen LogP contribution in [0.5, 0.6) is 0 Å². The monoisotopic (exact) mass is 678 g/mol. The SMILES string of the molecule is O=Cc1c(-c2ccc(N(c3ccccc3)c3ccccc3)cc2)sc(-c2ccc(N(c3ccccc3)c3ccccc3)cc2)c1P(=O)(O)O. The van der Waals surface area contributed by atoms with Gasteiger partial charge in [0.2, 0.25) is 0 Å². The maximum atomic E-state index is 13.0. The molecule has 49 heavy (non-hydrogen) atoms. The fraction of sp³-hybridized carbons (Fsp3) is 0. The topological polar surface area (TPSA) is 81.1 Å². The molecule has 0 radical (unpaired) electrons. The van der Waals surface area contributed by atoms with Crippen molar-refractivity contribution in [3.63, 3.8) is 0 Å². The molecule has 0 bridgehead atoms. The first-order chi connectivity index (χ1) is 23.9. The van der Waals surface area contributed by atoms with Gasteiger partial charge in [-0.25, -0.2) is 0 Å². The predicted octanol–water partition coefficient (Wildman–Crippen LogP) is 10.6. The van der Waals surface area contributed by atoms with Crippen LogP contribution in [0.2, 0.25) is 0 Å². The van der Waals surface area contributed by atoms with Crippen molar-refractivity contribution in [2.75, 3.05) is 9.80 Å². The molecule has 8 heteroatoms. The van der Waals surface area contributed by atoms with E-state index in [1.165, 1.54) is 11.3 Å². The lowest BCUT2D eigenvalue weighted by Gasteiger charge is -2.25. The molecule has 240 valence electrons. The summed E-state index contributed by atoms with van der Waals surface area (Å²) < 4.78 is 13.0. The minimum Gasteiger partial charge on any atom is -0.321 e. The molecule has 0 saturated carbocycles. The molecule has 0 fully saturated rings. The first kappa shape index (κ1) is 32.0. The Morgan fingerprint density at radius 1 is 0.449 bits per heavy atom. The van der Waals surface area contributed by atoms with Crippen molar-refractivity contribution in [1.82, 2.24) is 0 Å². The highest BCUT2D eigenvalue weighted by Gasteiger charge is 2.32. The van der Waals surface area contributed by atoms with E-state index in [1.54, 1.807) is 0 Å². The number of hydrogen-bond donors (Lipinski definition) is 2. The largest absolute Gasteiger partial charge is 0.358 e. The third-order valence-electron chi connectivity index (χ3n) is 8.16. The van der Waals surface area contributed by atoms with Gasteiger partial charge in [0.25, 0.3) is 0 Å². The summed E-state index contributed by atoms with van der Waals surface area (Å²) in [5.74, 6) is 0. The Hall–Kier alpha value is -5.56. The number of aldehydes is 1. The van der Waals surface area contributed by atoms with Crippen LogP contribution >= 0.6 is 18.9 Å². The first-order valence-electron chi connectivity index (χ1n) is 15.6. The highest BCUT2D eigenvalue weighted by Crippen LogP contribution is 2.48. The molecular weight excluding hydrogens is 648 g/mol. The summed E-state index contributed by atoms with van der Waals surface area (Å²) in [6.07, 6.45) is 0.554. The van der Waals surface area contributed by atoms with Gasteiger partial charge in [0.05, 0.1) is 10.2 Å². The summed E-state index contributed by atoms with van der Waals surface area (Å²) >= 11 is 1.21. The zero-order chi connectivity index (χ0) is 33.8. The smallest absolute Gasteiger partial charge is 0.321 e. The number of nitrogens with zero attached hydrogens (tertiary/aromatic N) is 2. The first-order valence-corrected chi connectivity index (χ1v) is 18.0. The number of thiophene rings is 1. The summed E-state index contributed by atoms with van der Waals surface area (Å²) in [5, 5.41) is -0.252. The van der Waals surface area contributed by atoms with E-state index in [0.717, 1.165) is 34.1 Å². The molecule has 0 amide bonds. The van der Waals surface area contributed by atoms with Crippen molar-refractivity contribution in [2.24, 2.45) is 0 Å². The molecule has 0 aliphatic rings. The van der Waals surface area contributed by atoms with E-state index in [0.29, 0.717) is 27.2 Å². The zero-order valence-corrected chi connectivity index (χ0v) is 27.9. The van der Waals surface area contributed by atoms with Gasteiger partial charge < -0.3 is 19.6 Å². The number of rotatable bonds is 10. The number of anilines is 6. The van der Waals surface area contributed by atoms with E-state index in [2.05, 4.69) is 9.80 Å². The van der Waals surface area contributed by atoms with Crippen molar-refractivity contribution in [2.45, 2.75) is 0 Å². The van der Waals surface area contributed by atoms with Gasteiger partial charge in [-0.1, -0.05) is 97.1 Å². The Kier molecular flexibility index (Phi) is 9.07. The third-order valence-corrected chi connectivity index (χ3v) is 10.7. The van der Waals surface area contributed by atoms with E-state index in [1.807, 2.05) is 170 Å². The molecule has 0 unspecified atom stereocenters. The number of benzene rings is 6. The average Bonchev–Trinajstić information content (AvgIpc) is 3.55. The Bertz CT molecular complexity index is 2140. The van der Waals surface area contributed by atoms with Gasteiger partial charge in [0.1, 0.15) is 0 Å². The van der Waals surface area contributed by atoms with Crippen molar-refractivity contribution >= 4 is 64.6 Å². The molecule has 1 aromatic heterocycles. The lowest BCUT2D eigenvalue weighted by Crippen LogP contribution is -2.11. The van der Waals surface area contributed by atoms with Crippen LogP contribution in [0.4, 0.5) is 34.1 Å².